The standard InChI is InChI=1S/C27H30N2O3/c1-4-32-27(31)25-18(2)26(21-12-6-5-7-13-21)29(19(25)3)17-24(30)28-23-16-10-14-20-11-8-9-15-22(20)23/h5-9,11-13,15,23H,4,10,14,16-17H2,1-3H3,(H,28,30)/t23-/m1/s1. The van der Waals surface area contributed by atoms with Crippen LogP contribution in [0.3, 0.4) is 0 Å². The number of amides is 1. The van der Waals surface area contributed by atoms with E-state index in [0.29, 0.717) is 12.2 Å². The van der Waals surface area contributed by atoms with Gasteiger partial charge < -0.3 is 14.6 Å². The Morgan fingerprint density at radius 1 is 1.06 bits per heavy atom. The Morgan fingerprint density at radius 2 is 1.78 bits per heavy atom. The lowest BCUT2D eigenvalue weighted by Crippen LogP contribution is -2.33. The van der Waals surface area contributed by atoms with Crippen LogP contribution in [0.15, 0.2) is 54.6 Å². The van der Waals surface area contributed by atoms with E-state index >= 15 is 0 Å². The van der Waals surface area contributed by atoms with Gasteiger partial charge in [-0.1, -0.05) is 54.6 Å². The summed E-state index contributed by atoms with van der Waals surface area (Å²) in [5.41, 5.74) is 6.50. The average molecular weight is 431 g/mol. The minimum Gasteiger partial charge on any atom is -0.462 e. The van der Waals surface area contributed by atoms with Crippen molar-refractivity contribution in [3.05, 3.63) is 82.5 Å². The summed E-state index contributed by atoms with van der Waals surface area (Å²) in [6.45, 7) is 6.06. The van der Waals surface area contributed by atoms with Crippen molar-refractivity contribution in [2.24, 2.45) is 0 Å². The van der Waals surface area contributed by atoms with Gasteiger partial charge in [0.2, 0.25) is 5.91 Å². The van der Waals surface area contributed by atoms with Crippen molar-refractivity contribution in [3.8, 4) is 11.3 Å². The summed E-state index contributed by atoms with van der Waals surface area (Å²) in [6.07, 6.45) is 3.05. The zero-order valence-electron chi connectivity index (χ0n) is 19.0. The van der Waals surface area contributed by atoms with Gasteiger partial charge in [-0.05, 0) is 62.3 Å². The SMILES string of the molecule is CCOC(=O)c1c(C)c(-c2ccccc2)n(CC(=O)N[C@@H]2CCCc3ccccc32)c1C. The highest BCUT2D eigenvalue weighted by Gasteiger charge is 2.27. The maximum Gasteiger partial charge on any atom is 0.340 e. The number of aromatic nitrogens is 1. The van der Waals surface area contributed by atoms with Gasteiger partial charge in [-0.2, -0.15) is 0 Å². The highest BCUT2D eigenvalue weighted by atomic mass is 16.5. The second-order valence-electron chi connectivity index (χ2n) is 8.32. The fraction of sp³-hybridized carbons (Fsp3) is 0.333. The molecule has 0 saturated carbocycles. The van der Waals surface area contributed by atoms with Crippen LogP contribution in [0.2, 0.25) is 0 Å². The summed E-state index contributed by atoms with van der Waals surface area (Å²) in [7, 11) is 0. The lowest BCUT2D eigenvalue weighted by atomic mass is 9.88. The molecule has 0 fully saturated rings. The zero-order valence-corrected chi connectivity index (χ0v) is 19.0. The lowest BCUT2D eigenvalue weighted by molar-refractivity contribution is -0.122. The molecule has 1 aliphatic rings. The topological polar surface area (TPSA) is 60.3 Å². The van der Waals surface area contributed by atoms with Gasteiger partial charge in [-0.25, -0.2) is 4.79 Å². The van der Waals surface area contributed by atoms with Gasteiger partial charge in [0.25, 0.3) is 0 Å². The van der Waals surface area contributed by atoms with Crippen molar-refractivity contribution >= 4 is 11.9 Å². The summed E-state index contributed by atoms with van der Waals surface area (Å²) in [6, 6.07) is 18.2. The molecule has 0 aliphatic heterocycles. The fourth-order valence-corrected chi connectivity index (χ4v) is 4.85. The Kier molecular flexibility index (Phi) is 6.45. The Hall–Kier alpha value is -3.34. The van der Waals surface area contributed by atoms with Crippen molar-refractivity contribution in [1.29, 1.82) is 0 Å². The Bertz CT molecular complexity index is 1130. The first-order valence-electron chi connectivity index (χ1n) is 11.3. The number of aryl methyl sites for hydroxylation is 1. The minimum atomic E-state index is -0.347. The summed E-state index contributed by atoms with van der Waals surface area (Å²) >= 11 is 0. The van der Waals surface area contributed by atoms with Gasteiger partial charge >= 0.3 is 5.97 Å². The van der Waals surface area contributed by atoms with Gasteiger partial charge in [0, 0.05) is 5.69 Å². The number of nitrogens with one attached hydrogen (secondary N) is 1. The molecule has 1 aromatic heterocycles. The molecule has 1 atom stereocenters. The molecule has 32 heavy (non-hydrogen) atoms. The van der Waals surface area contributed by atoms with Crippen molar-refractivity contribution in [1.82, 2.24) is 9.88 Å². The first-order valence-corrected chi connectivity index (χ1v) is 11.3. The predicted octanol–water partition coefficient (Wildman–Crippen LogP) is 5.14. The van der Waals surface area contributed by atoms with Crippen LogP contribution in [0.25, 0.3) is 11.3 Å². The lowest BCUT2D eigenvalue weighted by Gasteiger charge is -2.26. The highest BCUT2D eigenvalue weighted by Crippen LogP contribution is 2.33. The maximum absolute atomic E-state index is 13.2. The van der Waals surface area contributed by atoms with Crippen molar-refractivity contribution < 1.29 is 14.3 Å². The number of fused-ring (bicyclic) bond motifs is 1. The molecular weight excluding hydrogens is 400 g/mol. The van der Waals surface area contributed by atoms with Crippen molar-refractivity contribution in [3.63, 3.8) is 0 Å². The number of rotatable bonds is 6. The fourth-order valence-electron chi connectivity index (χ4n) is 4.85. The Morgan fingerprint density at radius 3 is 2.53 bits per heavy atom. The minimum absolute atomic E-state index is 0.0223. The summed E-state index contributed by atoms with van der Waals surface area (Å²) in [5, 5.41) is 3.24. The molecule has 1 heterocycles. The highest BCUT2D eigenvalue weighted by molar-refractivity contribution is 5.95. The van der Waals surface area contributed by atoms with Gasteiger partial charge in [-0.3, -0.25) is 4.79 Å². The second kappa shape index (κ2) is 9.43. The van der Waals surface area contributed by atoms with E-state index in [0.717, 1.165) is 41.8 Å². The molecule has 1 amide bonds. The third-order valence-corrected chi connectivity index (χ3v) is 6.30. The number of ether oxygens (including phenoxy) is 1. The van der Waals surface area contributed by atoms with E-state index in [-0.39, 0.29) is 24.5 Å². The van der Waals surface area contributed by atoms with Crippen LogP contribution in [0.5, 0.6) is 0 Å². The van der Waals surface area contributed by atoms with Crippen molar-refractivity contribution in [2.45, 2.75) is 52.6 Å². The van der Waals surface area contributed by atoms with Crippen LogP contribution in [-0.2, 0) is 22.5 Å². The third-order valence-electron chi connectivity index (χ3n) is 6.30. The molecule has 1 N–H and O–H groups in total. The predicted molar refractivity (Wildman–Crippen MR) is 126 cm³/mol. The van der Waals surface area contributed by atoms with E-state index in [1.165, 1.54) is 11.1 Å². The molecule has 5 nitrogen and oxygen atoms in total. The first-order chi connectivity index (χ1) is 15.5. The Labute approximate surface area is 189 Å². The van der Waals surface area contributed by atoms with Gasteiger partial charge in [-0.15, -0.1) is 0 Å². The summed E-state index contributed by atoms with van der Waals surface area (Å²) < 4.78 is 7.25. The number of hydrogen-bond donors (Lipinski definition) is 1. The van der Waals surface area contributed by atoms with Crippen LogP contribution in [-0.4, -0.2) is 23.1 Å². The monoisotopic (exact) mass is 430 g/mol. The molecule has 0 unspecified atom stereocenters. The quantitative estimate of drug-likeness (QED) is 0.551. The number of esters is 1. The molecular formula is C27H30N2O3. The normalized spacial score (nSPS) is 15.2. The maximum atomic E-state index is 13.2. The smallest absolute Gasteiger partial charge is 0.340 e. The number of hydrogen-bond acceptors (Lipinski definition) is 3. The molecule has 3 aromatic rings. The summed E-state index contributed by atoms with van der Waals surface area (Å²) in [5.74, 6) is -0.405. The molecule has 0 spiro atoms. The molecule has 2 aromatic carbocycles. The summed E-state index contributed by atoms with van der Waals surface area (Å²) in [4.78, 5) is 25.9. The van der Waals surface area contributed by atoms with E-state index < -0.39 is 0 Å². The van der Waals surface area contributed by atoms with E-state index in [1.807, 2.05) is 54.8 Å². The van der Waals surface area contributed by atoms with Crippen LogP contribution in [0, 0.1) is 13.8 Å². The number of carbonyl (C=O) groups excluding carboxylic acids is 2. The van der Waals surface area contributed by atoms with Crippen LogP contribution in [0.1, 0.15) is 58.5 Å². The largest absolute Gasteiger partial charge is 0.462 e. The average Bonchev–Trinajstić information content (AvgIpc) is 3.04. The van der Waals surface area contributed by atoms with E-state index in [1.54, 1.807) is 6.92 Å². The molecule has 4 rings (SSSR count). The van der Waals surface area contributed by atoms with Gasteiger partial charge in [0.1, 0.15) is 6.54 Å². The van der Waals surface area contributed by atoms with Crippen LogP contribution < -0.4 is 5.32 Å². The van der Waals surface area contributed by atoms with Gasteiger partial charge in [0.05, 0.1) is 23.9 Å². The third kappa shape index (κ3) is 4.20. The van der Waals surface area contributed by atoms with E-state index in [4.69, 9.17) is 4.74 Å². The number of carbonyl (C=O) groups is 2. The van der Waals surface area contributed by atoms with E-state index in [2.05, 4.69) is 23.5 Å². The molecule has 5 heteroatoms. The molecule has 0 bridgehead atoms. The molecule has 0 radical (unpaired) electrons. The second-order valence-corrected chi connectivity index (χ2v) is 8.32. The molecule has 0 saturated heterocycles. The van der Waals surface area contributed by atoms with E-state index in [9.17, 15) is 9.59 Å². The van der Waals surface area contributed by atoms with Crippen molar-refractivity contribution in [2.75, 3.05) is 6.61 Å². The van der Waals surface area contributed by atoms with Gasteiger partial charge in [0.15, 0.2) is 0 Å². The van der Waals surface area contributed by atoms with Crippen LogP contribution in [0.4, 0.5) is 0 Å². The Balaban J connectivity index is 1.66. The first kappa shape index (κ1) is 21.9. The van der Waals surface area contributed by atoms with Crippen LogP contribution >= 0.6 is 0 Å². The zero-order chi connectivity index (χ0) is 22.7. The number of benzene rings is 2. The number of nitrogens with zero attached hydrogens (tertiary/aromatic N) is 1. The molecule has 1 aliphatic carbocycles. The molecule has 166 valence electrons.